The van der Waals surface area contributed by atoms with E-state index in [1.165, 1.54) is 55.6 Å². The highest BCUT2D eigenvalue weighted by atomic mass is 15.1. The van der Waals surface area contributed by atoms with Crippen molar-refractivity contribution in [3.63, 3.8) is 0 Å². The fraction of sp³-hybridized carbons (Fsp3) is 0.259. The number of hydrogen-bond donors (Lipinski definition) is 0. The van der Waals surface area contributed by atoms with Crippen molar-refractivity contribution >= 4 is 11.4 Å². The lowest BCUT2D eigenvalue weighted by atomic mass is 9.65. The third kappa shape index (κ3) is 6.48. The molecule has 0 bridgehead atoms. The number of fused-ring (bicyclic) bond motifs is 2. The first kappa shape index (κ1) is 38.1. The second kappa shape index (κ2) is 15.3. The van der Waals surface area contributed by atoms with E-state index in [9.17, 15) is 0 Å². The summed E-state index contributed by atoms with van der Waals surface area (Å²) in [6.45, 7) is 18.5. The summed E-state index contributed by atoms with van der Waals surface area (Å²) in [4.78, 5) is 13.2. The maximum atomic E-state index is 5.59. The van der Waals surface area contributed by atoms with E-state index >= 15 is 0 Å². The molecule has 1 aliphatic heterocycles. The van der Waals surface area contributed by atoms with Crippen LogP contribution >= 0.6 is 0 Å². The van der Waals surface area contributed by atoms with E-state index in [0.29, 0.717) is 23.7 Å². The molecule has 3 nitrogen and oxygen atoms in total. The van der Waals surface area contributed by atoms with Crippen molar-refractivity contribution in [2.75, 3.05) is 11.9 Å². The average Bonchev–Trinajstić information content (AvgIpc) is 3.23. The highest BCUT2D eigenvalue weighted by Gasteiger charge is 2.48. The van der Waals surface area contributed by atoms with Gasteiger partial charge in [-0.15, -0.1) is 0 Å². The quantitative estimate of drug-likeness (QED) is 0.147. The predicted octanol–water partition coefficient (Wildman–Crippen LogP) is 14.4. The van der Waals surface area contributed by atoms with Crippen molar-refractivity contribution < 1.29 is 0 Å². The molecule has 0 radical (unpaired) electrons. The zero-order chi connectivity index (χ0) is 40.0. The zero-order valence-electron chi connectivity index (χ0n) is 35.0. The highest BCUT2D eigenvalue weighted by molar-refractivity contribution is 5.89. The average molecular weight is 746 g/mol. The lowest BCUT2D eigenvalue weighted by Crippen LogP contribution is -2.39. The Kier molecular flexibility index (Phi) is 10.2. The molecular weight excluding hydrogens is 691 g/mol. The Labute approximate surface area is 340 Å². The van der Waals surface area contributed by atoms with Gasteiger partial charge in [0.25, 0.3) is 0 Å². The number of rotatable bonds is 9. The summed E-state index contributed by atoms with van der Waals surface area (Å²) in [6, 6.07) is 51.4. The molecule has 0 unspecified atom stereocenters. The summed E-state index contributed by atoms with van der Waals surface area (Å²) in [5.41, 5.74) is 18.5. The van der Waals surface area contributed by atoms with Crippen molar-refractivity contribution in [3.8, 4) is 33.5 Å². The van der Waals surface area contributed by atoms with Gasteiger partial charge < -0.3 is 4.90 Å². The van der Waals surface area contributed by atoms with E-state index in [-0.39, 0.29) is 0 Å². The molecule has 3 heterocycles. The minimum atomic E-state index is -0.808. The second-order valence-electron chi connectivity index (χ2n) is 17.0. The fourth-order valence-electron chi connectivity index (χ4n) is 9.29. The van der Waals surface area contributed by atoms with Gasteiger partial charge in [0.2, 0.25) is 0 Å². The zero-order valence-corrected chi connectivity index (χ0v) is 35.0. The van der Waals surface area contributed by atoms with Crippen LogP contribution in [0.5, 0.6) is 0 Å². The Bertz CT molecular complexity index is 2380. The summed E-state index contributed by atoms with van der Waals surface area (Å²) < 4.78 is 0. The van der Waals surface area contributed by atoms with Crippen LogP contribution < -0.4 is 4.90 Å². The molecule has 0 N–H and O–H groups in total. The minimum absolute atomic E-state index is 0.379. The number of nitrogens with zero attached hydrogens (tertiary/aromatic N) is 3. The fourth-order valence-corrected chi connectivity index (χ4v) is 9.29. The molecule has 1 aliphatic rings. The largest absolute Gasteiger partial charge is 0.344 e. The number of anilines is 2. The van der Waals surface area contributed by atoms with Crippen molar-refractivity contribution in [3.05, 3.63) is 190 Å². The maximum absolute atomic E-state index is 5.59. The molecular formula is C54H55N3. The number of benzene rings is 5. The molecule has 0 amide bonds. The van der Waals surface area contributed by atoms with Gasteiger partial charge >= 0.3 is 0 Å². The molecule has 0 spiro atoms. The summed E-state index contributed by atoms with van der Waals surface area (Å²) in [6.07, 6.45) is 1.93. The van der Waals surface area contributed by atoms with E-state index < -0.39 is 5.41 Å². The van der Waals surface area contributed by atoms with Crippen molar-refractivity contribution in [2.45, 2.75) is 84.5 Å². The molecule has 0 saturated carbocycles. The number of pyridine rings is 2. The minimum Gasteiger partial charge on any atom is -0.344 e. The Morgan fingerprint density at radius 3 is 1.35 bits per heavy atom. The molecule has 0 aliphatic carbocycles. The molecule has 5 aromatic carbocycles. The summed E-state index contributed by atoms with van der Waals surface area (Å²) in [7, 11) is 2.25. The van der Waals surface area contributed by atoms with E-state index in [1.54, 1.807) is 0 Å². The van der Waals surface area contributed by atoms with E-state index in [0.717, 1.165) is 34.0 Å². The smallest absolute Gasteiger partial charge is 0.108 e. The van der Waals surface area contributed by atoms with Gasteiger partial charge in [-0.25, -0.2) is 0 Å². The summed E-state index contributed by atoms with van der Waals surface area (Å²) in [5.74, 6) is 1.52. The van der Waals surface area contributed by atoms with Crippen LogP contribution in [0.1, 0.15) is 124 Å². The van der Waals surface area contributed by atoms with E-state index in [1.807, 2.05) is 12.3 Å². The molecule has 3 heteroatoms. The van der Waals surface area contributed by atoms with Gasteiger partial charge in [0.15, 0.2) is 0 Å². The van der Waals surface area contributed by atoms with Crippen LogP contribution in [0.2, 0.25) is 0 Å². The Morgan fingerprint density at radius 1 is 0.439 bits per heavy atom. The van der Waals surface area contributed by atoms with Gasteiger partial charge in [-0.05, 0) is 116 Å². The third-order valence-corrected chi connectivity index (χ3v) is 12.1. The first-order chi connectivity index (χ1) is 27.5. The van der Waals surface area contributed by atoms with Crippen LogP contribution in [0.4, 0.5) is 11.4 Å². The van der Waals surface area contributed by atoms with Gasteiger partial charge in [-0.1, -0.05) is 159 Å². The Hall–Kier alpha value is -5.80. The first-order valence-corrected chi connectivity index (χ1v) is 20.8. The third-order valence-electron chi connectivity index (χ3n) is 12.1. The van der Waals surface area contributed by atoms with Crippen LogP contribution in [-0.4, -0.2) is 17.0 Å². The van der Waals surface area contributed by atoms with Crippen molar-refractivity contribution in [2.24, 2.45) is 0 Å². The molecule has 0 fully saturated rings. The lowest BCUT2D eigenvalue weighted by molar-refractivity contribution is 0.676. The lowest BCUT2D eigenvalue weighted by Gasteiger charge is -2.44. The standard InChI is InChI=1S/C54H55N3/c1-34(2)41-20-15-21-42(35(3)4)52(41)39-27-29-45-48(32-39)57(9)49-33-40(53-43(36(5)6)22-16-23-44(53)37(7)8)28-30-46(49)54(45,50-25-13-14-31-55-50)51-26-17-24-47(56-51)38-18-11-10-12-19-38/h10-37H,1-9H3. The van der Waals surface area contributed by atoms with Crippen LogP contribution in [0.3, 0.4) is 0 Å². The normalized spacial score (nSPS) is 13.4. The molecule has 8 rings (SSSR count). The summed E-state index contributed by atoms with van der Waals surface area (Å²) >= 11 is 0. The van der Waals surface area contributed by atoms with Gasteiger partial charge in [0.1, 0.15) is 5.41 Å². The summed E-state index contributed by atoms with van der Waals surface area (Å²) in [5, 5.41) is 0. The van der Waals surface area contributed by atoms with Crippen LogP contribution in [0.15, 0.2) is 146 Å². The van der Waals surface area contributed by atoms with E-state index in [4.69, 9.17) is 9.97 Å². The van der Waals surface area contributed by atoms with Gasteiger partial charge in [-0.2, -0.15) is 0 Å². The van der Waals surface area contributed by atoms with Gasteiger partial charge in [-0.3, -0.25) is 9.97 Å². The van der Waals surface area contributed by atoms with Crippen molar-refractivity contribution in [1.82, 2.24) is 9.97 Å². The van der Waals surface area contributed by atoms with Crippen LogP contribution in [0.25, 0.3) is 33.5 Å². The van der Waals surface area contributed by atoms with Crippen LogP contribution in [0, 0.1) is 0 Å². The molecule has 57 heavy (non-hydrogen) atoms. The monoisotopic (exact) mass is 745 g/mol. The topological polar surface area (TPSA) is 29.0 Å². The molecule has 2 aromatic heterocycles. The Balaban J connectivity index is 1.49. The van der Waals surface area contributed by atoms with Gasteiger partial charge in [0, 0.05) is 30.2 Å². The Morgan fingerprint density at radius 2 is 0.895 bits per heavy atom. The number of aromatic nitrogens is 2. The second-order valence-corrected chi connectivity index (χ2v) is 17.0. The molecule has 0 atom stereocenters. The van der Waals surface area contributed by atoms with Crippen molar-refractivity contribution in [1.29, 1.82) is 0 Å². The van der Waals surface area contributed by atoms with E-state index in [2.05, 4.69) is 201 Å². The molecule has 7 aromatic rings. The molecule has 286 valence electrons. The molecule has 0 saturated heterocycles. The highest BCUT2D eigenvalue weighted by Crippen LogP contribution is 2.56. The van der Waals surface area contributed by atoms with Gasteiger partial charge in [0.05, 0.1) is 17.1 Å². The number of hydrogen-bond acceptors (Lipinski definition) is 3. The SMILES string of the molecule is CC(C)c1cccc(C(C)C)c1-c1ccc2c(c1)N(C)c1cc(-c3c(C(C)C)cccc3C(C)C)ccc1C2(c1ccccn1)c1cccc(-c2ccccc2)n1. The van der Waals surface area contributed by atoms with Crippen LogP contribution in [-0.2, 0) is 5.41 Å². The predicted molar refractivity (Wildman–Crippen MR) is 241 cm³/mol. The first-order valence-electron chi connectivity index (χ1n) is 20.8. The maximum Gasteiger partial charge on any atom is 0.108 e.